The van der Waals surface area contributed by atoms with Crippen molar-refractivity contribution in [3.8, 4) is 11.5 Å². The van der Waals surface area contributed by atoms with E-state index in [1.165, 1.54) is 18.2 Å². The quantitative estimate of drug-likeness (QED) is 0.239. The van der Waals surface area contributed by atoms with E-state index in [9.17, 15) is 28.3 Å². The number of rotatable bonds is 9. The number of aliphatic imine (C=N–C) groups is 1. The third kappa shape index (κ3) is 5.67. The number of nitrogens with one attached hydrogen (secondary N) is 2. The zero-order chi connectivity index (χ0) is 32.0. The van der Waals surface area contributed by atoms with Crippen LogP contribution in [0.15, 0.2) is 40.2 Å². The highest BCUT2D eigenvalue weighted by Crippen LogP contribution is 2.38. The SMILES string of the molecule is COc1cc(F)c(OCC(O)CNc2cc[nH]c(=O)c2C2=Nc3cc4c(cc3C2)C(=O)N(C2CCN(C)CC2)C4=O)c(Cl)c1F. The Bertz CT molecular complexity index is 1790. The van der Waals surface area contributed by atoms with Gasteiger partial charge in [0.2, 0.25) is 0 Å². The Hall–Kier alpha value is -4.33. The monoisotopic (exact) mass is 641 g/mol. The number of halogens is 3. The van der Waals surface area contributed by atoms with E-state index in [1.54, 1.807) is 18.2 Å². The molecule has 45 heavy (non-hydrogen) atoms. The van der Waals surface area contributed by atoms with Gasteiger partial charge in [0.05, 0.1) is 40.9 Å². The number of carbonyl (C=O) groups is 2. The average Bonchev–Trinajstić information content (AvgIpc) is 3.54. The van der Waals surface area contributed by atoms with Crippen LogP contribution >= 0.6 is 11.6 Å². The standard InChI is InChI=1S/C31H30ClF2N5O6/c1-38-7-4-16(5-8-38)39-30(42)18-9-15-10-23(37-22(15)11-19(18)31(39)43)25-21(3-6-35-29(25)41)36-13-17(40)14-45-28-20(33)12-24(44-2)27(34)26(28)32/h3,6,9,11-12,16-17,40H,4-5,7-8,10,13-14H2,1-2H3,(H2,35,36,41). The lowest BCUT2D eigenvalue weighted by Gasteiger charge is -2.33. The van der Waals surface area contributed by atoms with Crippen molar-refractivity contribution in [3.63, 3.8) is 0 Å². The fourth-order valence-electron chi connectivity index (χ4n) is 5.89. The number of aromatic amines is 1. The second-order valence-corrected chi connectivity index (χ2v) is 11.6. The van der Waals surface area contributed by atoms with E-state index in [2.05, 4.69) is 20.2 Å². The van der Waals surface area contributed by atoms with Crippen LogP contribution in [-0.4, -0.2) is 90.0 Å². The number of carbonyl (C=O) groups excluding carboxylic acids is 2. The number of pyridine rings is 1. The number of amides is 2. The van der Waals surface area contributed by atoms with Crippen LogP contribution in [0.3, 0.4) is 0 Å². The number of nitrogens with zero attached hydrogens (tertiary/aromatic N) is 3. The summed E-state index contributed by atoms with van der Waals surface area (Å²) in [5, 5.41) is 12.9. The van der Waals surface area contributed by atoms with Crippen molar-refractivity contribution in [2.45, 2.75) is 31.4 Å². The second kappa shape index (κ2) is 12.2. The Balaban J connectivity index is 1.16. The number of imide groups is 1. The molecule has 0 radical (unpaired) electrons. The average molecular weight is 642 g/mol. The molecule has 0 saturated carbocycles. The number of benzene rings is 2. The number of H-pyrrole nitrogens is 1. The number of aliphatic hydroxyl groups excluding tert-OH is 1. The van der Waals surface area contributed by atoms with Gasteiger partial charge in [-0.2, -0.15) is 0 Å². The highest BCUT2D eigenvalue weighted by molar-refractivity contribution is 6.32. The van der Waals surface area contributed by atoms with Gasteiger partial charge in [-0.3, -0.25) is 24.3 Å². The molecule has 236 valence electrons. The summed E-state index contributed by atoms with van der Waals surface area (Å²) in [6.45, 7) is 1.05. The van der Waals surface area contributed by atoms with Crippen molar-refractivity contribution >= 4 is 40.5 Å². The Labute approximate surface area is 261 Å². The summed E-state index contributed by atoms with van der Waals surface area (Å²) in [6.07, 6.45) is 1.91. The van der Waals surface area contributed by atoms with E-state index >= 15 is 0 Å². The lowest BCUT2D eigenvalue weighted by atomic mass is 10.00. The van der Waals surface area contributed by atoms with Crippen molar-refractivity contribution in [1.82, 2.24) is 14.8 Å². The number of hydrogen-bond donors (Lipinski definition) is 3. The number of piperidine rings is 1. The maximum absolute atomic E-state index is 14.4. The van der Waals surface area contributed by atoms with Gasteiger partial charge in [0, 0.05) is 31.3 Å². The molecule has 0 aliphatic carbocycles. The van der Waals surface area contributed by atoms with Crippen molar-refractivity contribution < 1.29 is 33.0 Å². The molecule has 14 heteroatoms. The summed E-state index contributed by atoms with van der Waals surface area (Å²) in [6, 6.07) is 5.54. The minimum absolute atomic E-state index is 0.126. The van der Waals surface area contributed by atoms with Gasteiger partial charge in [-0.1, -0.05) is 11.6 Å². The highest BCUT2D eigenvalue weighted by atomic mass is 35.5. The van der Waals surface area contributed by atoms with Crippen LogP contribution < -0.4 is 20.3 Å². The van der Waals surface area contributed by atoms with Crippen LogP contribution in [0.5, 0.6) is 11.5 Å². The zero-order valence-corrected chi connectivity index (χ0v) is 25.2. The van der Waals surface area contributed by atoms with Gasteiger partial charge in [-0.15, -0.1) is 0 Å². The first-order valence-electron chi connectivity index (χ1n) is 14.4. The predicted molar refractivity (Wildman–Crippen MR) is 162 cm³/mol. The molecule has 1 saturated heterocycles. The molecule has 11 nitrogen and oxygen atoms in total. The van der Waals surface area contributed by atoms with Crippen molar-refractivity contribution in [2.24, 2.45) is 4.99 Å². The highest BCUT2D eigenvalue weighted by Gasteiger charge is 2.42. The van der Waals surface area contributed by atoms with E-state index in [-0.39, 0.29) is 42.1 Å². The summed E-state index contributed by atoms with van der Waals surface area (Å²) in [4.78, 5) is 50.4. The molecule has 1 aromatic heterocycles. The van der Waals surface area contributed by atoms with E-state index < -0.39 is 40.7 Å². The minimum atomic E-state index is -1.21. The van der Waals surface area contributed by atoms with Crippen LogP contribution in [0, 0.1) is 11.6 Å². The first-order chi connectivity index (χ1) is 21.6. The molecule has 3 aromatic rings. The summed E-state index contributed by atoms with van der Waals surface area (Å²) in [5.74, 6) is -3.55. The summed E-state index contributed by atoms with van der Waals surface area (Å²) in [7, 11) is 3.18. The Kier molecular flexibility index (Phi) is 8.33. The van der Waals surface area contributed by atoms with Crippen LogP contribution in [0.1, 0.15) is 44.7 Å². The molecule has 0 bridgehead atoms. The number of hydrogen-bond acceptors (Lipinski definition) is 9. The van der Waals surface area contributed by atoms with E-state index in [0.717, 1.165) is 32.0 Å². The molecule has 6 rings (SSSR count). The molecule has 3 aliphatic rings. The first kappa shape index (κ1) is 30.7. The summed E-state index contributed by atoms with van der Waals surface area (Å²) >= 11 is 5.87. The fourth-order valence-corrected chi connectivity index (χ4v) is 6.13. The van der Waals surface area contributed by atoms with Gasteiger partial charge in [0.25, 0.3) is 17.4 Å². The van der Waals surface area contributed by atoms with Gasteiger partial charge in [0.15, 0.2) is 23.1 Å². The molecule has 3 N–H and O–H groups in total. The molecule has 1 fully saturated rings. The molecule has 1 atom stereocenters. The van der Waals surface area contributed by atoms with Crippen LogP contribution in [0.2, 0.25) is 5.02 Å². The third-order valence-electron chi connectivity index (χ3n) is 8.28. The maximum Gasteiger partial charge on any atom is 0.261 e. The molecule has 0 spiro atoms. The summed E-state index contributed by atoms with van der Waals surface area (Å²) in [5.41, 5.74) is 2.42. The molecular formula is C31H30ClF2N5O6. The lowest BCUT2D eigenvalue weighted by molar-refractivity contribution is 0.0516. The molecule has 2 amide bonds. The number of aromatic nitrogens is 1. The number of ether oxygens (including phenoxy) is 2. The maximum atomic E-state index is 14.4. The van der Waals surface area contributed by atoms with Crippen molar-refractivity contribution in [2.75, 3.05) is 45.7 Å². The first-order valence-corrected chi connectivity index (χ1v) is 14.7. The number of anilines is 1. The third-order valence-corrected chi connectivity index (χ3v) is 8.62. The minimum Gasteiger partial charge on any atom is -0.494 e. The van der Waals surface area contributed by atoms with Crippen molar-refractivity contribution in [3.05, 3.63) is 79.7 Å². The zero-order valence-electron chi connectivity index (χ0n) is 24.5. The summed E-state index contributed by atoms with van der Waals surface area (Å²) < 4.78 is 38.6. The van der Waals surface area contributed by atoms with Crippen molar-refractivity contribution in [1.29, 1.82) is 0 Å². The van der Waals surface area contributed by atoms with Crippen LogP contribution in [0.25, 0.3) is 0 Å². The number of aliphatic hydroxyl groups is 1. The number of methoxy groups -OCH3 is 1. The molecular weight excluding hydrogens is 612 g/mol. The fraction of sp³-hybridized carbons (Fsp3) is 0.355. The van der Waals surface area contributed by atoms with E-state index in [4.69, 9.17) is 21.1 Å². The van der Waals surface area contributed by atoms with Crippen LogP contribution in [-0.2, 0) is 6.42 Å². The predicted octanol–water partition coefficient (Wildman–Crippen LogP) is 3.53. The Morgan fingerprint density at radius 2 is 1.87 bits per heavy atom. The molecule has 4 heterocycles. The van der Waals surface area contributed by atoms with Gasteiger partial charge >= 0.3 is 0 Å². The smallest absolute Gasteiger partial charge is 0.261 e. The van der Waals surface area contributed by atoms with Gasteiger partial charge in [-0.05, 0) is 56.7 Å². The largest absolute Gasteiger partial charge is 0.494 e. The van der Waals surface area contributed by atoms with Gasteiger partial charge in [-0.25, -0.2) is 8.78 Å². The number of fused-ring (bicyclic) bond motifs is 2. The van der Waals surface area contributed by atoms with Gasteiger partial charge < -0.3 is 29.8 Å². The molecule has 2 aromatic carbocycles. The van der Waals surface area contributed by atoms with E-state index in [0.29, 0.717) is 33.8 Å². The van der Waals surface area contributed by atoms with Crippen LogP contribution in [0.4, 0.5) is 20.2 Å². The normalized spacial score (nSPS) is 17.3. The topological polar surface area (TPSA) is 137 Å². The van der Waals surface area contributed by atoms with Gasteiger partial charge in [0.1, 0.15) is 17.7 Å². The molecule has 1 unspecified atom stereocenters. The van der Waals surface area contributed by atoms with E-state index in [1.807, 2.05) is 7.05 Å². The Morgan fingerprint density at radius 3 is 2.58 bits per heavy atom. The lowest BCUT2D eigenvalue weighted by Crippen LogP contribution is -2.46. The number of likely N-dealkylation sites (tertiary alicyclic amines) is 1. The Morgan fingerprint density at radius 1 is 1.16 bits per heavy atom. The second-order valence-electron chi connectivity index (χ2n) is 11.2. The molecule has 3 aliphatic heterocycles.